The fraction of sp³-hybridized carbons (Fsp3) is 0.833. The molecule has 0 aromatic carbocycles. The Morgan fingerprint density at radius 2 is 2.33 bits per heavy atom. The van der Waals surface area contributed by atoms with Gasteiger partial charge in [0.25, 0.3) is 0 Å². The minimum Gasteiger partial charge on any atom is -0.302 e. The number of likely N-dealkylation sites (tertiary alicyclic amines) is 1. The molecule has 52 valence electrons. The van der Waals surface area contributed by atoms with Crippen LogP contribution in [0.2, 0.25) is 0 Å². The molecule has 0 saturated carbocycles. The van der Waals surface area contributed by atoms with Crippen molar-refractivity contribution in [2.45, 2.75) is 6.92 Å². The average molecular weight is 148 g/mol. The molecular formula is C6H10ClNO. The molecule has 0 amide bonds. The predicted molar refractivity (Wildman–Crippen MR) is 36.5 cm³/mol. The molecule has 0 aromatic heterocycles. The summed E-state index contributed by atoms with van der Waals surface area (Å²) in [6.07, 6.45) is 0. The summed E-state index contributed by atoms with van der Waals surface area (Å²) in [6, 6.07) is 0. The number of hydrogen-bond donors (Lipinski definition) is 0. The van der Waals surface area contributed by atoms with E-state index in [2.05, 4.69) is 11.8 Å². The molecule has 1 saturated heterocycles. The van der Waals surface area contributed by atoms with Gasteiger partial charge >= 0.3 is 0 Å². The van der Waals surface area contributed by atoms with Crippen molar-refractivity contribution >= 4 is 16.8 Å². The maximum atomic E-state index is 10.4. The fourth-order valence-corrected chi connectivity index (χ4v) is 1.11. The average Bonchev–Trinajstić information content (AvgIpc) is 1.61. The first-order valence-corrected chi connectivity index (χ1v) is 3.53. The van der Waals surface area contributed by atoms with E-state index in [1.54, 1.807) is 0 Å². The van der Waals surface area contributed by atoms with Gasteiger partial charge in [0.1, 0.15) is 0 Å². The van der Waals surface area contributed by atoms with Crippen LogP contribution >= 0.6 is 11.6 Å². The van der Waals surface area contributed by atoms with Gasteiger partial charge in [-0.1, -0.05) is 6.92 Å². The zero-order valence-corrected chi connectivity index (χ0v) is 6.19. The molecule has 0 spiro atoms. The van der Waals surface area contributed by atoms with E-state index >= 15 is 0 Å². The van der Waals surface area contributed by atoms with Crippen LogP contribution in [0.4, 0.5) is 0 Å². The summed E-state index contributed by atoms with van der Waals surface area (Å²) in [7, 11) is 0. The summed E-state index contributed by atoms with van der Waals surface area (Å²) in [4.78, 5) is 12.6. The molecule has 0 radical (unpaired) electrons. The van der Waals surface area contributed by atoms with Crippen LogP contribution in [0.25, 0.3) is 0 Å². The second kappa shape index (κ2) is 2.67. The highest BCUT2D eigenvalue weighted by molar-refractivity contribution is 6.64. The highest BCUT2D eigenvalue weighted by atomic mass is 35.5. The molecule has 9 heavy (non-hydrogen) atoms. The summed E-state index contributed by atoms with van der Waals surface area (Å²) in [5.41, 5.74) is 0. The van der Waals surface area contributed by atoms with Gasteiger partial charge < -0.3 is 4.90 Å². The lowest BCUT2D eigenvalue weighted by Gasteiger charge is -2.35. The Morgan fingerprint density at radius 3 is 2.67 bits per heavy atom. The third kappa shape index (κ3) is 1.43. The zero-order chi connectivity index (χ0) is 6.85. The molecule has 0 bridgehead atoms. The van der Waals surface area contributed by atoms with Gasteiger partial charge in [-0.2, -0.15) is 0 Å². The van der Waals surface area contributed by atoms with Crippen molar-refractivity contribution in [2.75, 3.05) is 19.6 Å². The van der Waals surface area contributed by atoms with E-state index in [9.17, 15) is 4.79 Å². The molecule has 0 aromatic rings. The van der Waals surface area contributed by atoms with E-state index in [-0.39, 0.29) is 11.2 Å². The van der Waals surface area contributed by atoms with Crippen LogP contribution in [0.5, 0.6) is 0 Å². The third-order valence-electron chi connectivity index (χ3n) is 1.73. The van der Waals surface area contributed by atoms with E-state index in [0.717, 1.165) is 19.6 Å². The van der Waals surface area contributed by atoms with Crippen molar-refractivity contribution in [1.82, 2.24) is 4.90 Å². The van der Waals surface area contributed by atoms with Crippen LogP contribution in [0.15, 0.2) is 0 Å². The molecule has 1 fully saturated rings. The topological polar surface area (TPSA) is 20.3 Å². The van der Waals surface area contributed by atoms with E-state index in [1.807, 2.05) is 0 Å². The van der Waals surface area contributed by atoms with Crippen molar-refractivity contribution in [1.29, 1.82) is 0 Å². The van der Waals surface area contributed by atoms with Gasteiger partial charge in [0.2, 0.25) is 5.24 Å². The van der Waals surface area contributed by atoms with Crippen molar-refractivity contribution in [3.05, 3.63) is 0 Å². The maximum absolute atomic E-state index is 10.4. The van der Waals surface area contributed by atoms with Gasteiger partial charge in [0, 0.05) is 13.1 Å². The molecule has 3 heteroatoms. The molecule has 0 unspecified atom stereocenters. The molecule has 2 nitrogen and oxygen atoms in total. The first-order chi connectivity index (χ1) is 4.24. The van der Waals surface area contributed by atoms with E-state index < -0.39 is 0 Å². The van der Waals surface area contributed by atoms with Gasteiger partial charge in [-0.3, -0.25) is 4.79 Å². The molecule has 1 heterocycles. The van der Waals surface area contributed by atoms with Gasteiger partial charge in [0.05, 0.1) is 5.92 Å². The molecule has 1 aliphatic heterocycles. The van der Waals surface area contributed by atoms with Crippen LogP contribution < -0.4 is 0 Å². The molecular weight excluding hydrogens is 138 g/mol. The maximum Gasteiger partial charge on any atom is 0.227 e. The minimum absolute atomic E-state index is 0.117. The van der Waals surface area contributed by atoms with E-state index in [0.29, 0.717) is 0 Å². The van der Waals surface area contributed by atoms with Crippen LogP contribution in [-0.4, -0.2) is 29.8 Å². The SMILES string of the molecule is CCN1CC(C(=O)Cl)C1. The first kappa shape index (κ1) is 7.03. The molecule has 1 rings (SSSR count). The monoisotopic (exact) mass is 147 g/mol. The van der Waals surface area contributed by atoms with Crippen LogP contribution in [0, 0.1) is 5.92 Å². The Labute approximate surface area is 59.8 Å². The fourth-order valence-electron chi connectivity index (χ4n) is 0.972. The number of hydrogen-bond acceptors (Lipinski definition) is 2. The normalized spacial score (nSPS) is 21.6. The molecule has 0 aliphatic carbocycles. The van der Waals surface area contributed by atoms with Gasteiger partial charge in [-0.25, -0.2) is 0 Å². The second-order valence-electron chi connectivity index (χ2n) is 2.35. The van der Waals surface area contributed by atoms with Crippen LogP contribution in [-0.2, 0) is 4.79 Å². The standard InChI is InChI=1S/C6H10ClNO/c1-2-8-3-5(4-8)6(7)9/h5H,2-4H2,1H3. The number of nitrogens with zero attached hydrogens (tertiary/aromatic N) is 1. The largest absolute Gasteiger partial charge is 0.302 e. The summed E-state index contributed by atoms with van der Waals surface area (Å²) in [5.74, 6) is 0.117. The quantitative estimate of drug-likeness (QED) is 0.536. The summed E-state index contributed by atoms with van der Waals surface area (Å²) in [6.45, 7) is 4.83. The molecule has 0 N–H and O–H groups in total. The number of halogens is 1. The van der Waals surface area contributed by atoms with Crippen molar-refractivity contribution in [3.63, 3.8) is 0 Å². The van der Waals surface area contributed by atoms with E-state index in [1.165, 1.54) is 0 Å². The van der Waals surface area contributed by atoms with Gasteiger partial charge in [-0.05, 0) is 18.1 Å². The van der Waals surface area contributed by atoms with Crippen LogP contribution in [0.3, 0.4) is 0 Å². The third-order valence-corrected chi connectivity index (χ3v) is 2.03. The Hall–Kier alpha value is -0.0800. The second-order valence-corrected chi connectivity index (χ2v) is 2.73. The highest BCUT2D eigenvalue weighted by Gasteiger charge is 2.29. The Morgan fingerprint density at radius 1 is 1.78 bits per heavy atom. The van der Waals surface area contributed by atoms with Crippen molar-refractivity contribution < 1.29 is 4.79 Å². The molecule has 1 aliphatic rings. The first-order valence-electron chi connectivity index (χ1n) is 3.15. The van der Waals surface area contributed by atoms with Crippen LogP contribution in [0.1, 0.15) is 6.92 Å². The van der Waals surface area contributed by atoms with Crippen molar-refractivity contribution in [2.24, 2.45) is 5.92 Å². The number of rotatable bonds is 2. The summed E-state index contributed by atoms with van der Waals surface area (Å²) in [5, 5.41) is -0.181. The van der Waals surface area contributed by atoms with E-state index in [4.69, 9.17) is 11.6 Å². The smallest absolute Gasteiger partial charge is 0.227 e. The lowest BCUT2D eigenvalue weighted by atomic mass is 10.0. The van der Waals surface area contributed by atoms with Gasteiger partial charge in [0.15, 0.2) is 0 Å². The predicted octanol–water partition coefficient (Wildman–Crippen LogP) is 0.704. The van der Waals surface area contributed by atoms with Crippen molar-refractivity contribution in [3.8, 4) is 0 Å². The summed E-state index contributed by atoms with van der Waals surface area (Å²) >= 11 is 5.24. The Bertz CT molecular complexity index is 120. The Kier molecular flexibility index (Phi) is 2.09. The lowest BCUT2D eigenvalue weighted by Crippen LogP contribution is -2.48. The van der Waals surface area contributed by atoms with Gasteiger partial charge in [-0.15, -0.1) is 0 Å². The number of carbonyl (C=O) groups excluding carboxylic acids is 1. The number of carbonyl (C=O) groups is 1. The lowest BCUT2D eigenvalue weighted by molar-refractivity contribution is -0.119. The highest BCUT2D eigenvalue weighted by Crippen LogP contribution is 2.16. The zero-order valence-electron chi connectivity index (χ0n) is 5.43. The summed E-state index contributed by atoms with van der Waals surface area (Å²) < 4.78 is 0. The molecule has 0 atom stereocenters. The minimum atomic E-state index is -0.181. The Balaban J connectivity index is 2.19.